The van der Waals surface area contributed by atoms with Gasteiger partial charge < -0.3 is 15.2 Å². The topological polar surface area (TPSA) is 75.6 Å². The minimum Gasteiger partial charge on any atom is -0.478 e. The van der Waals surface area contributed by atoms with Crippen molar-refractivity contribution in [2.45, 2.75) is 19.4 Å². The van der Waals surface area contributed by atoms with Gasteiger partial charge in [0.25, 0.3) is 0 Å². The first-order chi connectivity index (χ1) is 8.99. The highest BCUT2D eigenvalue weighted by atomic mass is 79.9. The Morgan fingerprint density at radius 3 is 2.74 bits per heavy atom. The molecule has 2 rings (SSSR count). The van der Waals surface area contributed by atoms with E-state index in [0.29, 0.717) is 23.2 Å². The van der Waals surface area contributed by atoms with Gasteiger partial charge in [-0.05, 0) is 47.5 Å². The summed E-state index contributed by atoms with van der Waals surface area (Å²) in [4.78, 5) is 22.9. The molecule has 2 atom stereocenters. The van der Waals surface area contributed by atoms with Gasteiger partial charge in [-0.15, -0.1) is 0 Å². The Balaban J connectivity index is 2.11. The molecule has 1 heterocycles. The smallest absolute Gasteiger partial charge is 0.335 e. The lowest BCUT2D eigenvalue weighted by Crippen LogP contribution is -2.27. The molecule has 0 bridgehead atoms. The summed E-state index contributed by atoms with van der Waals surface area (Å²) in [6, 6.07) is 4.50. The molecule has 19 heavy (non-hydrogen) atoms. The number of carbonyl (C=O) groups excluding carboxylic acids is 1. The number of amides is 1. The van der Waals surface area contributed by atoms with Crippen LogP contribution in [-0.2, 0) is 9.53 Å². The van der Waals surface area contributed by atoms with Crippen molar-refractivity contribution in [3.63, 3.8) is 0 Å². The molecular weight excluding hydrogens is 314 g/mol. The van der Waals surface area contributed by atoms with Gasteiger partial charge in [-0.1, -0.05) is 0 Å². The molecule has 102 valence electrons. The molecular formula is C13H14BrNO4. The average Bonchev–Trinajstić information content (AvgIpc) is 2.77. The van der Waals surface area contributed by atoms with E-state index in [-0.39, 0.29) is 23.5 Å². The third-order valence-electron chi connectivity index (χ3n) is 3.19. The van der Waals surface area contributed by atoms with Crippen LogP contribution in [-0.4, -0.2) is 29.7 Å². The Morgan fingerprint density at radius 1 is 1.47 bits per heavy atom. The van der Waals surface area contributed by atoms with Crippen molar-refractivity contribution in [1.82, 2.24) is 0 Å². The van der Waals surface area contributed by atoms with Gasteiger partial charge in [-0.2, -0.15) is 0 Å². The molecule has 1 amide bonds. The molecule has 5 nitrogen and oxygen atoms in total. The maximum absolute atomic E-state index is 12.1. The van der Waals surface area contributed by atoms with E-state index in [9.17, 15) is 9.59 Å². The second-order valence-corrected chi connectivity index (χ2v) is 5.31. The van der Waals surface area contributed by atoms with E-state index < -0.39 is 5.97 Å². The summed E-state index contributed by atoms with van der Waals surface area (Å²) in [5.74, 6) is -1.27. The molecule has 1 aliphatic rings. The van der Waals surface area contributed by atoms with Crippen molar-refractivity contribution in [3.8, 4) is 0 Å². The molecule has 2 unspecified atom stereocenters. The summed E-state index contributed by atoms with van der Waals surface area (Å²) in [6.45, 7) is 2.47. The van der Waals surface area contributed by atoms with Crippen LogP contribution in [0.15, 0.2) is 22.7 Å². The molecule has 1 aromatic carbocycles. The Kier molecular flexibility index (Phi) is 4.21. The molecule has 0 radical (unpaired) electrons. The number of hydrogen-bond acceptors (Lipinski definition) is 3. The number of hydrogen-bond donors (Lipinski definition) is 2. The highest BCUT2D eigenvalue weighted by Gasteiger charge is 2.30. The van der Waals surface area contributed by atoms with Crippen LogP contribution in [0.1, 0.15) is 23.7 Å². The van der Waals surface area contributed by atoms with E-state index in [1.165, 1.54) is 12.1 Å². The first kappa shape index (κ1) is 14.0. The van der Waals surface area contributed by atoms with Crippen LogP contribution >= 0.6 is 15.9 Å². The van der Waals surface area contributed by atoms with Crippen LogP contribution in [0, 0.1) is 5.92 Å². The molecule has 2 N–H and O–H groups in total. The van der Waals surface area contributed by atoms with Gasteiger partial charge in [-0.3, -0.25) is 4.79 Å². The lowest BCUT2D eigenvalue weighted by Gasteiger charge is -2.15. The van der Waals surface area contributed by atoms with Crippen molar-refractivity contribution in [2.24, 2.45) is 5.92 Å². The zero-order chi connectivity index (χ0) is 14.0. The maximum Gasteiger partial charge on any atom is 0.335 e. The quantitative estimate of drug-likeness (QED) is 0.894. The fourth-order valence-electron chi connectivity index (χ4n) is 2.05. The van der Waals surface area contributed by atoms with Crippen molar-refractivity contribution < 1.29 is 19.4 Å². The number of aromatic carboxylic acids is 1. The van der Waals surface area contributed by atoms with Crippen LogP contribution in [0.5, 0.6) is 0 Å². The molecule has 0 saturated carbocycles. The third-order valence-corrected chi connectivity index (χ3v) is 3.84. The predicted octanol–water partition coefficient (Wildman–Crippen LogP) is 2.51. The van der Waals surface area contributed by atoms with Gasteiger partial charge >= 0.3 is 5.97 Å². The van der Waals surface area contributed by atoms with Crippen LogP contribution < -0.4 is 5.32 Å². The first-order valence-electron chi connectivity index (χ1n) is 5.94. The van der Waals surface area contributed by atoms with E-state index in [1.807, 2.05) is 6.92 Å². The molecule has 1 fully saturated rings. The number of carbonyl (C=O) groups is 2. The fraction of sp³-hybridized carbons (Fsp3) is 0.385. The van der Waals surface area contributed by atoms with E-state index in [1.54, 1.807) is 6.07 Å². The monoisotopic (exact) mass is 327 g/mol. The number of carboxylic acids is 1. The predicted molar refractivity (Wildman–Crippen MR) is 73.3 cm³/mol. The first-order valence-corrected chi connectivity index (χ1v) is 6.73. The van der Waals surface area contributed by atoms with E-state index >= 15 is 0 Å². The minimum absolute atomic E-state index is 0.0860. The molecule has 0 aliphatic carbocycles. The Morgan fingerprint density at radius 2 is 2.21 bits per heavy atom. The summed E-state index contributed by atoms with van der Waals surface area (Å²) < 4.78 is 5.90. The molecule has 0 spiro atoms. The average molecular weight is 328 g/mol. The van der Waals surface area contributed by atoms with Crippen LogP contribution in [0.25, 0.3) is 0 Å². The lowest BCUT2D eigenvalue weighted by molar-refractivity contribution is -0.121. The Bertz CT molecular complexity index is 517. The van der Waals surface area contributed by atoms with Crippen LogP contribution in [0.3, 0.4) is 0 Å². The maximum atomic E-state index is 12.1. The summed E-state index contributed by atoms with van der Waals surface area (Å²) in [5, 5.41) is 11.7. The van der Waals surface area contributed by atoms with Gasteiger partial charge in [0.1, 0.15) is 0 Å². The molecule has 6 heteroatoms. The van der Waals surface area contributed by atoms with E-state index in [2.05, 4.69) is 21.2 Å². The Hall–Kier alpha value is -1.40. The number of halogens is 1. The molecule has 0 aromatic heterocycles. The lowest BCUT2D eigenvalue weighted by atomic mass is 10.0. The van der Waals surface area contributed by atoms with Gasteiger partial charge in [0.05, 0.1) is 23.3 Å². The molecule has 1 aliphatic heterocycles. The fourth-order valence-corrected chi connectivity index (χ4v) is 2.53. The second-order valence-electron chi connectivity index (χ2n) is 4.46. The Labute approximate surface area is 119 Å². The zero-order valence-electron chi connectivity index (χ0n) is 10.4. The van der Waals surface area contributed by atoms with Crippen molar-refractivity contribution >= 4 is 33.5 Å². The van der Waals surface area contributed by atoms with Crippen molar-refractivity contribution in [1.29, 1.82) is 0 Å². The van der Waals surface area contributed by atoms with E-state index in [0.717, 1.165) is 0 Å². The normalized spacial score (nSPS) is 22.2. The molecule has 1 saturated heterocycles. The standard InChI is InChI=1S/C13H14BrNO4/c1-7-9(4-5-19-7)12(16)15-11-3-2-8(13(17)18)6-10(11)14/h2-3,6-7,9H,4-5H2,1H3,(H,15,16)(H,17,18). The van der Waals surface area contributed by atoms with Crippen LogP contribution in [0.4, 0.5) is 5.69 Å². The van der Waals surface area contributed by atoms with Gasteiger partial charge in [-0.25, -0.2) is 4.79 Å². The summed E-state index contributed by atoms with van der Waals surface area (Å²) in [5.41, 5.74) is 0.733. The number of benzene rings is 1. The largest absolute Gasteiger partial charge is 0.478 e. The molecule has 1 aromatic rings. The number of rotatable bonds is 3. The number of anilines is 1. The minimum atomic E-state index is -1.00. The number of carboxylic acid groups (broad SMARTS) is 1. The van der Waals surface area contributed by atoms with Gasteiger partial charge in [0.15, 0.2) is 0 Å². The number of nitrogens with one attached hydrogen (secondary N) is 1. The van der Waals surface area contributed by atoms with Crippen molar-refractivity contribution in [3.05, 3.63) is 28.2 Å². The van der Waals surface area contributed by atoms with Gasteiger partial charge in [0.2, 0.25) is 5.91 Å². The SMILES string of the molecule is CC1OCCC1C(=O)Nc1ccc(C(=O)O)cc1Br. The summed E-state index contributed by atoms with van der Waals surface area (Å²) in [6.07, 6.45) is 0.620. The summed E-state index contributed by atoms with van der Waals surface area (Å²) >= 11 is 3.26. The number of ether oxygens (including phenoxy) is 1. The van der Waals surface area contributed by atoms with E-state index in [4.69, 9.17) is 9.84 Å². The zero-order valence-corrected chi connectivity index (χ0v) is 11.9. The van der Waals surface area contributed by atoms with Crippen molar-refractivity contribution in [2.75, 3.05) is 11.9 Å². The van der Waals surface area contributed by atoms with Gasteiger partial charge in [0, 0.05) is 11.1 Å². The van der Waals surface area contributed by atoms with Crippen LogP contribution in [0.2, 0.25) is 0 Å². The summed E-state index contributed by atoms with van der Waals surface area (Å²) in [7, 11) is 0. The highest BCUT2D eigenvalue weighted by molar-refractivity contribution is 9.10. The third kappa shape index (κ3) is 3.13. The highest BCUT2D eigenvalue weighted by Crippen LogP contribution is 2.27. The second kappa shape index (κ2) is 5.71.